The molecule has 0 bridgehead atoms. The molecule has 0 fully saturated rings. The maximum Gasteiger partial charge on any atom is 0.320 e. The first-order chi connectivity index (χ1) is 4.31. The first-order valence-corrected chi connectivity index (χ1v) is 3.64. The second-order valence-corrected chi connectivity index (χ2v) is 2.21. The van der Waals surface area contributed by atoms with Crippen molar-refractivity contribution in [3.63, 3.8) is 0 Å². The standard InChI is InChI=1S/C3H10NO4P/c4-3-8-9(6)7-2-1-5/h5,9H,1-4H2. The highest BCUT2D eigenvalue weighted by molar-refractivity contribution is 7.33. The van der Waals surface area contributed by atoms with E-state index in [1.807, 2.05) is 0 Å². The average Bonchev–Trinajstić information content (AvgIpc) is 1.85. The number of hydrogen-bond acceptors (Lipinski definition) is 5. The fourth-order valence-corrected chi connectivity index (χ4v) is 0.716. The van der Waals surface area contributed by atoms with Gasteiger partial charge in [0.2, 0.25) is 0 Å². The fourth-order valence-electron chi connectivity index (χ4n) is 0.239. The lowest BCUT2D eigenvalue weighted by atomic mass is 10.8. The van der Waals surface area contributed by atoms with Crippen LogP contribution in [-0.4, -0.2) is 25.1 Å². The van der Waals surface area contributed by atoms with Crippen molar-refractivity contribution >= 4 is 8.25 Å². The van der Waals surface area contributed by atoms with Gasteiger partial charge in [0.1, 0.15) is 6.73 Å². The molecule has 0 aromatic carbocycles. The highest BCUT2D eigenvalue weighted by atomic mass is 31.1. The molecular formula is C3H10NO4P. The van der Waals surface area contributed by atoms with Crippen molar-refractivity contribution < 1.29 is 18.7 Å². The van der Waals surface area contributed by atoms with E-state index < -0.39 is 8.25 Å². The molecule has 0 aliphatic carbocycles. The van der Waals surface area contributed by atoms with Crippen LogP contribution in [0.2, 0.25) is 0 Å². The Hall–Kier alpha value is 0.0700. The minimum absolute atomic E-state index is 0.0256. The summed E-state index contributed by atoms with van der Waals surface area (Å²) in [7, 11) is -2.44. The molecule has 0 amide bonds. The molecule has 0 heterocycles. The summed E-state index contributed by atoms with van der Waals surface area (Å²) in [5.74, 6) is 0. The van der Waals surface area contributed by atoms with Gasteiger partial charge in [0, 0.05) is 0 Å². The van der Waals surface area contributed by atoms with Gasteiger partial charge < -0.3 is 15.4 Å². The van der Waals surface area contributed by atoms with E-state index in [2.05, 4.69) is 9.05 Å². The van der Waals surface area contributed by atoms with E-state index in [9.17, 15) is 4.57 Å². The van der Waals surface area contributed by atoms with Gasteiger partial charge in [0.05, 0.1) is 13.2 Å². The molecule has 0 aromatic heterocycles. The third kappa shape index (κ3) is 5.95. The van der Waals surface area contributed by atoms with E-state index in [0.717, 1.165) is 0 Å². The molecule has 9 heavy (non-hydrogen) atoms. The Morgan fingerprint density at radius 1 is 1.56 bits per heavy atom. The molecule has 0 spiro atoms. The molecule has 6 heteroatoms. The number of aliphatic hydroxyl groups excluding tert-OH is 1. The predicted octanol–water partition coefficient (Wildman–Crippen LogP) is -0.682. The molecule has 3 N–H and O–H groups in total. The van der Waals surface area contributed by atoms with Crippen LogP contribution in [0.15, 0.2) is 0 Å². The van der Waals surface area contributed by atoms with E-state index >= 15 is 0 Å². The van der Waals surface area contributed by atoms with Gasteiger partial charge in [-0.2, -0.15) is 0 Å². The van der Waals surface area contributed by atoms with Crippen LogP contribution in [0.4, 0.5) is 0 Å². The van der Waals surface area contributed by atoms with Crippen molar-refractivity contribution in [1.29, 1.82) is 0 Å². The smallest absolute Gasteiger partial charge is 0.320 e. The Bertz CT molecular complexity index is 87.9. The summed E-state index contributed by atoms with van der Waals surface area (Å²) in [5.41, 5.74) is 4.86. The lowest BCUT2D eigenvalue weighted by molar-refractivity contribution is 0.176. The van der Waals surface area contributed by atoms with Crippen molar-refractivity contribution in [2.24, 2.45) is 5.73 Å². The molecule has 0 saturated heterocycles. The Morgan fingerprint density at radius 3 is 2.67 bits per heavy atom. The molecule has 0 aliphatic rings. The van der Waals surface area contributed by atoms with E-state index in [0.29, 0.717) is 0 Å². The van der Waals surface area contributed by atoms with Crippen molar-refractivity contribution in [2.45, 2.75) is 0 Å². The molecule has 0 radical (unpaired) electrons. The lowest BCUT2D eigenvalue weighted by Gasteiger charge is -1.99. The van der Waals surface area contributed by atoms with Crippen molar-refractivity contribution in [3.05, 3.63) is 0 Å². The summed E-state index contributed by atoms with van der Waals surface area (Å²) in [6.07, 6.45) is 0. The molecule has 0 aliphatic heterocycles. The van der Waals surface area contributed by atoms with E-state index in [1.54, 1.807) is 0 Å². The predicted molar refractivity (Wildman–Crippen MR) is 32.2 cm³/mol. The normalized spacial score (nSPS) is 13.6. The molecule has 5 nitrogen and oxygen atoms in total. The Balaban J connectivity index is 3.06. The van der Waals surface area contributed by atoms with Gasteiger partial charge in [-0.25, -0.2) is 0 Å². The first kappa shape index (κ1) is 9.07. The number of hydrogen-bond donors (Lipinski definition) is 2. The minimum atomic E-state index is -2.44. The summed E-state index contributed by atoms with van der Waals surface area (Å²) >= 11 is 0. The highest BCUT2D eigenvalue weighted by Gasteiger charge is 1.94. The third-order valence-electron chi connectivity index (χ3n) is 0.512. The zero-order chi connectivity index (χ0) is 7.11. The van der Waals surface area contributed by atoms with Crippen LogP contribution < -0.4 is 5.73 Å². The minimum Gasteiger partial charge on any atom is -0.394 e. The summed E-state index contributed by atoms with van der Waals surface area (Å²) in [6, 6.07) is 0. The number of aliphatic hydroxyl groups is 1. The van der Waals surface area contributed by atoms with Gasteiger partial charge >= 0.3 is 8.25 Å². The van der Waals surface area contributed by atoms with Crippen molar-refractivity contribution in [3.8, 4) is 0 Å². The number of nitrogens with two attached hydrogens (primary N) is 1. The maximum absolute atomic E-state index is 10.4. The van der Waals surface area contributed by atoms with Gasteiger partial charge in [-0.05, 0) is 0 Å². The quantitative estimate of drug-likeness (QED) is 0.406. The van der Waals surface area contributed by atoms with Gasteiger partial charge in [-0.1, -0.05) is 0 Å². The van der Waals surface area contributed by atoms with Crippen LogP contribution in [0.3, 0.4) is 0 Å². The van der Waals surface area contributed by atoms with Crippen molar-refractivity contribution in [1.82, 2.24) is 0 Å². The van der Waals surface area contributed by atoms with Crippen LogP contribution in [0.5, 0.6) is 0 Å². The molecular weight excluding hydrogens is 145 g/mol. The van der Waals surface area contributed by atoms with Crippen LogP contribution in [0, 0.1) is 0 Å². The molecule has 0 aromatic rings. The van der Waals surface area contributed by atoms with Crippen LogP contribution in [-0.2, 0) is 13.6 Å². The summed E-state index contributed by atoms with van der Waals surface area (Å²) in [5, 5.41) is 8.15. The summed E-state index contributed by atoms with van der Waals surface area (Å²) in [6.45, 7) is -0.259. The van der Waals surface area contributed by atoms with Gasteiger partial charge in [-0.15, -0.1) is 0 Å². The lowest BCUT2D eigenvalue weighted by Crippen LogP contribution is -2.00. The summed E-state index contributed by atoms with van der Waals surface area (Å²) < 4.78 is 19.1. The molecule has 56 valence electrons. The van der Waals surface area contributed by atoms with Crippen molar-refractivity contribution in [2.75, 3.05) is 19.9 Å². The summed E-state index contributed by atoms with van der Waals surface area (Å²) in [4.78, 5) is 0. The SMILES string of the molecule is NCO[PH](=O)OCCO. The molecule has 0 saturated carbocycles. The van der Waals surface area contributed by atoms with Crippen LogP contribution in [0.1, 0.15) is 0 Å². The molecule has 1 atom stereocenters. The van der Waals surface area contributed by atoms with Gasteiger partial charge in [0.25, 0.3) is 0 Å². The topological polar surface area (TPSA) is 81.8 Å². The monoisotopic (exact) mass is 155 g/mol. The Labute approximate surface area is 53.7 Å². The zero-order valence-corrected chi connectivity index (χ0v) is 5.87. The van der Waals surface area contributed by atoms with Gasteiger partial charge in [0.15, 0.2) is 0 Å². The molecule has 1 unspecified atom stereocenters. The Kier molecular flexibility index (Phi) is 6.24. The van der Waals surface area contributed by atoms with Gasteiger partial charge in [-0.3, -0.25) is 9.09 Å². The maximum atomic E-state index is 10.4. The second kappa shape index (κ2) is 6.19. The second-order valence-electron chi connectivity index (χ2n) is 1.13. The van der Waals surface area contributed by atoms with E-state index in [4.69, 9.17) is 10.8 Å². The largest absolute Gasteiger partial charge is 0.394 e. The van der Waals surface area contributed by atoms with E-state index in [-0.39, 0.29) is 19.9 Å². The Morgan fingerprint density at radius 2 is 2.22 bits per heavy atom. The fraction of sp³-hybridized carbons (Fsp3) is 1.00. The van der Waals surface area contributed by atoms with E-state index in [1.165, 1.54) is 0 Å². The zero-order valence-electron chi connectivity index (χ0n) is 4.87. The first-order valence-electron chi connectivity index (χ1n) is 2.41. The third-order valence-corrected chi connectivity index (χ3v) is 1.35. The average molecular weight is 155 g/mol. The highest BCUT2D eigenvalue weighted by Crippen LogP contribution is 2.21. The van der Waals surface area contributed by atoms with Crippen LogP contribution in [0.25, 0.3) is 0 Å². The molecule has 0 rings (SSSR count). The number of rotatable bonds is 5. The van der Waals surface area contributed by atoms with Crippen LogP contribution >= 0.6 is 8.25 Å².